The van der Waals surface area contributed by atoms with Gasteiger partial charge in [0.15, 0.2) is 0 Å². The number of hydrogen-bond acceptors (Lipinski definition) is 4. The Hall–Kier alpha value is -1.24. The molecule has 0 radical (unpaired) electrons. The number of hydrogen-bond donors (Lipinski definition) is 0. The zero-order valence-corrected chi connectivity index (χ0v) is 16.6. The van der Waals surface area contributed by atoms with Crippen LogP contribution >= 0.6 is 15.9 Å². The molecule has 0 aliphatic rings. The molecule has 2 rings (SSSR count). The van der Waals surface area contributed by atoms with Gasteiger partial charge in [0.05, 0.1) is 6.54 Å². The lowest BCUT2D eigenvalue weighted by molar-refractivity contribution is -0.588. The van der Waals surface area contributed by atoms with E-state index in [1.54, 1.807) is 0 Å². The molecule has 0 N–H and O–H groups in total. The minimum absolute atomic E-state index is 0.628. The van der Waals surface area contributed by atoms with Crippen LogP contribution in [0.4, 0.5) is 0 Å². The third-order valence-corrected chi connectivity index (χ3v) is 5.02. The highest BCUT2D eigenvalue weighted by molar-refractivity contribution is 9.10. The fraction of sp³-hybridized carbons (Fsp3) is 0.556. The Kier molecular flexibility index (Phi) is 6.95. The van der Waals surface area contributed by atoms with E-state index in [4.69, 9.17) is 4.98 Å². The molecule has 0 saturated carbocycles. The van der Waals surface area contributed by atoms with Crippen LogP contribution in [0.15, 0.2) is 22.7 Å². The highest BCUT2D eigenvalue weighted by atomic mass is 79.9. The van der Waals surface area contributed by atoms with Gasteiger partial charge in [-0.1, -0.05) is 43.6 Å². The predicted octanol–water partition coefficient (Wildman–Crippen LogP) is 3.31. The van der Waals surface area contributed by atoms with Crippen LogP contribution in [0.3, 0.4) is 0 Å². The molecule has 1 aromatic heterocycles. The van der Waals surface area contributed by atoms with Crippen LogP contribution < -0.4 is 4.73 Å². The van der Waals surface area contributed by atoms with Gasteiger partial charge in [-0.3, -0.25) is 9.80 Å². The van der Waals surface area contributed by atoms with Crippen LogP contribution in [-0.4, -0.2) is 41.0 Å². The second-order valence-corrected chi connectivity index (χ2v) is 6.77. The molecular formula is C18H27BrN4O. The lowest BCUT2D eigenvalue weighted by atomic mass is 10.2. The van der Waals surface area contributed by atoms with Crippen molar-refractivity contribution in [1.82, 2.24) is 14.8 Å². The minimum atomic E-state index is 0.628. The summed E-state index contributed by atoms with van der Waals surface area (Å²) in [6.45, 7) is 13.6. The normalized spacial score (nSPS) is 11.8. The quantitative estimate of drug-likeness (QED) is 0.508. The molecule has 0 fully saturated rings. The first kappa shape index (κ1) is 19.1. The van der Waals surface area contributed by atoms with Crippen LogP contribution in [0.1, 0.15) is 39.1 Å². The second kappa shape index (κ2) is 8.74. The maximum Gasteiger partial charge on any atom is 0.242 e. The third kappa shape index (κ3) is 4.23. The van der Waals surface area contributed by atoms with Crippen molar-refractivity contribution in [2.24, 2.45) is 0 Å². The Morgan fingerprint density at radius 3 is 2.17 bits per heavy atom. The van der Waals surface area contributed by atoms with Crippen molar-refractivity contribution >= 4 is 27.0 Å². The molecule has 0 unspecified atom stereocenters. The fourth-order valence-corrected chi connectivity index (χ4v) is 3.18. The number of aromatic nitrogens is 2. The Labute approximate surface area is 153 Å². The average molecular weight is 395 g/mol. The first-order valence-electron chi connectivity index (χ1n) is 8.69. The van der Waals surface area contributed by atoms with Gasteiger partial charge in [-0.15, -0.1) is 0 Å². The Balaban J connectivity index is 2.56. The number of halogens is 1. The summed E-state index contributed by atoms with van der Waals surface area (Å²) in [6.07, 6.45) is 0. The lowest BCUT2D eigenvalue weighted by Crippen LogP contribution is -2.40. The molecule has 5 nitrogen and oxygen atoms in total. The maximum absolute atomic E-state index is 13.0. The van der Waals surface area contributed by atoms with E-state index in [1.807, 2.05) is 18.2 Å². The van der Waals surface area contributed by atoms with Gasteiger partial charge in [-0.05, 0) is 38.3 Å². The van der Waals surface area contributed by atoms with Gasteiger partial charge in [-0.2, -0.15) is 4.73 Å². The Morgan fingerprint density at radius 2 is 1.58 bits per heavy atom. The van der Waals surface area contributed by atoms with Crippen molar-refractivity contribution in [2.75, 3.05) is 26.2 Å². The van der Waals surface area contributed by atoms with E-state index in [1.165, 1.54) is 0 Å². The molecule has 1 aromatic carbocycles. The third-order valence-electron chi connectivity index (χ3n) is 4.53. The summed E-state index contributed by atoms with van der Waals surface area (Å²) >= 11 is 3.47. The van der Waals surface area contributed by atoms with Gasteiger partial charge in [-0.25, -0.2) is 4.98 Å². The molecule has 0 amide bonds. The highest BCUT2D eigenvalue weighted by Gasteiger charge is 2.22. The SMILES string of the molecule is CCN(CC)Cc1nc2cc(Br)ccc2[n+]([O-])c1CN(CC)CC. The fourth-order valence-electron chi connectivity index (χ4n) is 2.83. The van der Waals surface area contributed by atoms with Crippen molar-refractivity contribution in [1.29, 1.82) is 0 Å². The van der Waals surface area contributed by atoms with E-state index in [9.17, 15) is 5.21 Å². The summed E-state index contributed by atoms with van der Waals surface area (Å²) in [7, 11) is 0. The van der Waals surface area contributed by atoms with Gasteiger partial charge in [0, 0.05) is 17.1 Å². The van der Waals surface area contributed by atoms with Crippen LogP contribution in [0, 0.1) is 5.21 Å². The van der Waals surface area contributed by atoms with Crippen molar-refractivity contribution in [3.8, 4) is 0 Å². The molecule has 132 valence electrons. The van der Waals surface area contributed by atoms with E-state index in [2.05, 4.69) is 53.4 Å². The number of fused-ring (bicyclic) bond motifs is 1. The highest BCUT2D eigenvalue weighted by Crippen LogP contribution is 2.19. The molecular weight excluding hydrogens is 368 g/mol. The summed E-state index contributed by atoms with van der Waals surface area (Å²) in [4.78, 5) is 9.38. The smallest absolute Gasteiger partial charge is 0.242 e. The molecule has 0 spiro atoms. The van der Waals surface area contributed by atoms with Crippen LogP contribution in [0.2, 0.25) is 0 Å². The lowest BCUT2D eigenvalue weighted by Gasteiger charge is -2.22. The monoisotopic (exact) mass is 394 g/mol. The average Bonchev–Trinajstić information content (AvgIpc) is 2.59. The zero-order chi connectivity index (χ0) is 17.7. The molecule has 0 aliphatic heterocycles. The van der Waals surface area contributed by atoms with Crippen molar-refractivity contribution in [2.45, 2.75) is 40.8 Å². The van der Waals surface area contributed by atoms with Gasteiger partial charge < -0.3 is 5.21 Å². The topological polar surface area (TPSA) is 46.3 Å². The van der Waals surface area contributed by atoms with Gasteiger partial charge in [0.25, 0.3) is 0 Å². The van der Waals surface area contributed by atoms with Crippen molar-refractivity contribution in [3.63, 3.8) is 0 Å². The van der Waals surface area contributed by atoms with Crippen LogP contribution in [0.25, 0.3) is 11.0 Å². The number of nitrogens with zero attached hydrogens (tertiary/aromatic N) is 4. The number of rotatable bonds is 8. The second-order valence-electron chi connectivity index (χ2n) is 5.86. The van der Waals surface area contributed by atoms with Gasteiger partial charge in [0.1, 0.15) is 11.2 Å². The first-order chi connectivity index (χ1) is 11.5. The largest absolute Gasteiger partial charge is 0.618 e. The summed E-state index contributed by atoms with van der Waals surface area (Å²) in [5.74, 6) is 0. The maximum atomic E-state index is 13.0. The molecule has 24 heavy (non-hydrogen) atoms. The molecule has 0 aliphatic carbocycles. The first-order valence-corrected chi connectivity index (χ1v) is 9.48. The van der Waals surface area contributed by atoms with Crippen LogP contribution in [-0.2, 0) is 13.1 Å². The van der Waals surface area contributed by atoms with Gasteiger partial charge in [0.2, 0.25) is 11.2 Å². The molecule has 0 bridgehead atoms. The molecule has 0 atom stereocenters. The Morgan fingerprint density at radius 1 is 1.00 bits per heavy atom. The summed E-state index contributed by atoms with van der Waals surface area (Å²) in [5, 5.41) is 13.0. The number of benzene rings is 1. The molecule has 2 aromatic rings. The zero-order valence-electron chi connectivity index (χ0n) is 15.0. The summed E-state index contributed by atoms with van der Waals surface area (Å²) in [5.41, 5.74) is 3.01. The van der Waals surface area contributed by atoms with E-state index in [0.717, 1.165) is 52.3 Å². The van der Waals surface area contributed by atoms with E-state index >= 15 is 0 Å². The Bertz CT molecular complexity index is 684. The van der Waals surface area contributed by atoms with Gasteiger partial charge >= 0.3 is 0 Å². The minimum Gasteiger partial charge on any atom is -0.618 e. The van der Waals surface area contributed by atoms with E-state index in [-0.39, 0.29) is 0 Å². The van der Waals surface area contributed by atoms with E-state index < -0.39 is 0 Å². The standard InChI is InChI=1S/C18H27BrN4O/c1-5-21(6-2)12-16-18(13-22(7-3)8-4)23(24)17-10-9-14(19)11-15(17)20-16/h9-11H,5-8,12-13H2,1-4H3. The molecule has 0 saturated heterocycles. The molecule has 6 heteroatoms. The predicted molar refractivity (Wildman–Crippen MR) is 102 cm³/mol. The molecule has 1 heterocycles. The summed E-state index contributed by atoms with van der Waals surface area (Å²) < 4.78 is 2.01. The van der Waals surface area contributed by atoms with Crippen LogP contribution in [0.5, 0.6) is 0 Å². The summed E-state index contributed by atoms with van der Waals surface area (Å²) in [6, 6.07) is 5.65. The van der Waals surface area contributed by atoms with Crippen molar-refractivity contribution in [3.05, 3.63) is 39.3 Å². The van der Waals surface area contributed by atoms with Crippen molar-refractivity contribution < 1.29 is 4.73 Å². The van der Waals surface area contributed by atoms with E-state index in [0.29, 0.717) is 18.6 Å².